The number of primary sulfonamides is 1. The minimum atomic E-state index is -3.46. The number of halogens is 2. The number of unbranched alkanes of at least 4 members (excludes halogenated alkanes) is 1. The van der Waals surface area contributed by atoms with Gasteiger partial charge in [-0.2, -0.15) is 0 Å². The fraction of sp³-hybridized carbons (Fsp3) is 0.400. The van der Waals surface area contributed by atoms with E-state index < -0.39 is 21.7 Å². The van der Waals surface area contributed by atoms with Gasteiger partial charge in [-0.15, -0.1) is 0 Å². The lowest BCUT2D eigenvalue weighted by Crippen LogP contribution is -2.16. The van der Waals surface area contributed by atoms with Crippen molar-refractivity contribution >= 4 is 10.0 Å². The maximum atomic E-state index is 13.1. The highest BCUT2D eigenvalue weighted by molar-refractivity contribution is 7.89. The first kappa shape index (κ1) is 13.9. The van der Waals surface area contributed by atoms with Crippen molar-refractivity contribution in [2.45, 2.75) is 12.8 Å². The molecular formula is C10H13F2NO3S. The van der Waals surface area contributed by atoms with Gasteiger partial charge in [0.25, 0.3) is 0 Å². The van der Waals surface area contributed by atoms with Gasteiger partial charge in [0.1, 0.15) is 5.82 Å². The van der Waals surface area contributed by atoms with Gasteiger partial charge in [0.15, 0.2) is 11.6 Å². The molecule has 96 valence electrons. The summed E-state index contributed by atoms with van der Waals surface area (Å²) in [7, 11) is -3.46. The third-order valence-electron chi connectivity index (χ3n) is 1.97. The summed E-state index contributed by atoms with van der Waals surface area (Å²) in [4.78, 5) is 0. The van der Waals surface area contributed by atoms with Crippen LogP contribution in [0.2, 0.25) is 0 Å². The van der Waals surface area contributed by atoms with E-state index in [0.717, 1.165) is 12.1 Å². The second-order valence-electron chi connectivity index (χ2n) is 3.50. The zero-order valence-corrected chi connectivity index (χ0v) is 9.84. The van der Waals surface area contributed by atoms with Crippen LogP contribution in [0.5, 0.6) is 5.75 Å². The Hall–Kier alpha value is -1.21. The van der Waals surface area contributed by atoms with Crippen molar-refractivity contribution in [1.29, 1.82) is 0 Å². The molecule has 0 aliphatic heterocycles. The molecule has 0 aliphatic carbocycles. The van der Waals surface area contributed by atoms with Gasteiger partial charge in [-0.3, -0.25) is 0 Å². The van der Waals surface area contributed by atoms with Crippen LogP contribution in [-0.4, -0.2) is 20.8 Å². The normalized spacial score (nSPS) is 11.5. The van der Waals surface area contributed by atoms with Gasteiger partial charge in [-0.25, -0.2) is 22.3 Å². The van der Waals surface area contributed by atoms with Crippen LogP contribution in [-0.2, 0) is 10.0 Å². The van der Waals surface area contributed by atoms with Gasteiger partial charge in [0.05, 0.1) is 12.4 Å². The van der Waals surface area contributed by atoms with E-state index in [2.05, 4.69) is 0 Å². The van der Waals surface area contributed by atoms with Crippen molar-refractivity contribution < 1.29 is 21.9 Å². The second kappa shape index (κ2) is 5.92. The quantitative estimate of drug-likeness (QED) is 0.791. The van der Waals surface area contributed by atoms with Crippen molar-refractivity contribution in [3.8, 4) is 5.75 Å². The predicted octanol–water partition coefficient (Wildman–Crippen LogP) is 1.41. The summed E-state index contributed by atoms with van der Waals surface area (Å²) in [6.07, 6.45) is 0.759. The third-order valence-corrected chi connectivity index (χ3v) is 2.83. The molecule has 1 aromatic carbocycles. The smallest absolute Gasteiger partial charge is 0.209 e. The number of nitrogens with two attached hydrogens (primary N) is 1. The van der Waals surface area contributed by atoms with Gasteiger partial charge in [0, 0.05) is 6.07 Å². The lowest BCUT2D eigenvalue weighted by atomic mass is 10.3. The molecule has 0 saturated carbocycles. The number of sulfonamides is 1. The summed E-state index contributed by atoms with van der Waals surface area (Å²) < 4.78 is 51.8. The van der Waals surface area contributed by atoms with E-state index in [-0.39, 0.29) is 18.1 Å². The number of hydrogen-bond acceptors (Lipinski definition) is 3. The number of benzene rings is 1. The Balaban J connectivity index is 2.32. The van der Waals surface area contributed by atoms with Crippen LogP contribution in [0.4, 0.5) is 8.78 Å². The van der Waals surface area contributed by atoms with Crippen LogP contribution >= 0.6 is 0 Å². The highest BCUT2D eigenvalue weighted by Gasteiger charge is 2.05. The van der Waals surface area contributed by atoms with Gasteiger partial charge < -0.3 is 4.74 Å². The molecule has 17 heavy (non-hydrogen) atoms. The molecule has 0 radical (unpaired) electrons. The van der Waals surface area contributed by atoms with Gasteiger partial charge in [0.2, 0.25) is 10.0 Å². The largest absolute Gasteiger partial charge is 0.491 e. The van der Waals surface area contributed by atoms with Crippen molar-refractivity contribution in [2.24, 2.45) is 5.14 Å². The molecule has 0 bridgehead atoms. The molecule has 7 heteroatoms. The molecule has 1 aromatic rings. The van der Waals surface area contributed by atoms with Crippen molar-refractivity contribution in [1.82, 2.24) is 0 Å². The van der Waals surface area contributed by atoms with Crippen LogP contribution in [0.25, 0.3) is 0 Å². The van der Waals surface area contributed by atoms with E-state index in [4.69, 9.17) is 9.88 Å². The molecule has 0 aliphatic rings. The van der Waals surface area contributed by atoms with Crippen LogP contribution in [0, 0.1) is 11.6 Å². The maximum Gasteiger partial charge on any atom is 0.209 e. The molecule has 0 spiro atoms. The van der Waals surface area contributed by atoms with Crippen LogP contribution in [0.15, 0.2) is 18.2 Å². The minimum Gasteiger partial charge on any atom is -0.491 e. The molecule has 0 unspecified atom stereocenters. The first-order chi connectivity index (χ1) is 7.88. The lowest BCUT2D eigenvalue weighted by Gasteiger charge is -2.06. The first-order valence-corrected chi connectivity index (χ1v) is 6.68. The van der Waals surface area contributed by atoms with E-state index >= 15 is 0 Å². The zero-order valence-electron chi connectivity index (χ0n) is 9.03. The predicted molar refractivity (Wildman–Crippen MR) is 59.1 cm³/mol. The Kier molecular flexibility index (Phi) is 4.83. The van der Waals surface area contributed by atoms with Crippen LogP contribution in [0.1, 0.15) is 12.8 Å². The summed E-state index contributed by atoms with van der Waals surface area (Å²) in [5.41, 5.74) is 0. The minimum absolute atomic E-state index is 0.0537. The molecule has 2 N–H and O–H groups in total. The van der Waals surface area contributed by atoms with E-state index in [1.807, 2.05) is 0 Å². The summed E-state index contributed by atoms with van der Waals surface area (Å²) in [6.45, 7) is 0.151. The SMILES string of the molecule is NS(=O)(=O)CCCCOc1ccc(F)cc1F. The van der Waals surface area contributed by atoms with E-state index in [1.54, 1.807) is 0 Å². The van der Waals surface area contributed by atoms with E-state index in [1.165, 1.54) is 6.07 Å². The van der Waals surface area contributed by atoms with Crippen molar-refractivity contribution in [3.05, 3.63) is 29.8 Å². The summed E-state index contributed by atoms with van der Waals surface area (Å²) in [5.74, 6) is -1.65. The summed E-state index contributed by atoms with van der Waals surface area (Å²) in [5, 5.41) is 4.80. The Morgan fingerprint density at radius 3 is 2.53 bits per heavy atom. The van der Waals surface area contributed by atoms with Gasteiger partial charge in [-0.1, -0.05) is 0 Å². The van der Waals surface area contributed by atoms with Crippen molar-refractivity contribution in [3.63, 3.8) is 0 Å². The monoisotopic (exact) mass is 265 g/mol. The Bertz CT molecular complexity index is 476. The lowest BCUT2D eigenvalue weighted by molar-refractivity contribution is 0.293. The molecule has 0 amide bonds. The third kappa shape index (κ3) is 5.60. The summed E-state index contributed by atoms with van der Waals surface area (Å²) >= 11 is 0. The van der Waals surface area contributed by atoms with Gasteiger partial charge in [-0.05, 0) is 25.0 Å². The molecule has 0 saturated heterocycles. The topological polar surface area (TPSA) is 69.4 Å². The van der Waals surface area contributed by atoms with Crippen molar-refractivity contribution in [2.75, 3.05) is 12.4 Å². The molecule has 0 atom stereocenters. The molecular weight excluding hydrogens is 252 g/mol. The highest BCUT2D eigenvalue weighted by atomic mass is 32.2. The average Bonchev–Trinajstić information content (AvgIpc) is 2.18. The molecule has 4 nitrogen and oxygen atoms in total. The molecule has 0 aromatic heterocycles. The Morgan fingerprint density at radius 1 is 1.24 bits per heavy atom. The van der Waals surface area contributed by atoms with E-state index in [9.17, 15) is 17.2 Å². The Labute approximate surface area is 98.4 Å². The maximum absolute atomic E-state index is 13.1. The summed E-state index contributed by atoms with van der Waals surface area (Å²) in [6, 6.07) is 2.99. The molecule has 1 rings (SSSR count). The fourth-order valence-corrected chi connectivity index (χ4v) is 1.79. The van der Waals surface area contributed by atoms with E-state index in [0.29, 0.717) is 12.8 Å². The number of rotatable bonds is 6. The number of hydrogen-bond donors (Lipinski definition) is 1. The second-order valence-corrected chi connectivity index (χ2v) is 5.23. The average molecular weight is 265 g/mol. The van der Waals surface area contributed by atoms with Crippen LogP contribution in [0.3, 0.4) is 0 Å². The first-order valence-electron chi connectivity index (χ1n) is 4.97. The highest BCUT2D eigenvalue weighted by Crippen LogP contribution is 2.17. The van der Waals surface area contributed by atoms with Crippen LogP contribution < -0.4 is 9.88 Å². The standard InChI is InChI=1S/C10H13F2NO3S/c11-8-3-4-10(9(12)7-8)16-5-1-2-6-17(13,14)15/h3-4,7H,1-2,5-6H2,(H2,13,14,15). The molecule has 0 fully saturated rings. The Morgan fingerprint density at radius 2 is 1.94 bits per heavy atom. The zero-order chi connectivity index (χ0) is 12.9. The fourth-order valence-electron chi connectivity index (χ4n) is 1.18. The molecule has 0 heterocycles. The van der Waals surface area contributed by atoms with Gasteiger partial charge >= 0.3 is 0 Å². The number of ether oxygens (including phenoxy) is 1.